The van der Waals surface area contributed by atoms with E-state index in [1.807, 2.05) is 0 Å². The highest BCUT2D eigenvalue weighted by molar-refractivity contribution is 5.77. The van der Waals surface area contributed by atoms with Gasteiger partial charge < -0.3 is 14.2 Å². The average molecular weight is 386 g/mol. The Hall–Kier alpha value is -0.750. The molecule has 4 nitrogen and oxygen atoms in total. The van der Waals surface area contributed by atoms with Crippen LogP contribution in [0, 0.1) is 23.7 Å². The minimum absolute atomic E-state index is 0.140. The first kappa shape index (κ1) is 19.6. The number of ether oxygens (including phenoxy) is 3. The van der Waals surface area contributed by atoms with Crippen molar-refractivity contribution in [3.8, 4) is 0 Å². The molecule has 0 saturated heterocycles. The molecule has 5 aliphatic rings. The third-order valence-corrected chi connectivity index (χ3v) is 7.26. The maximum atomic E-state index is 13.3. The van der Waals surface area contributed by atoms with Gasteiger partial charge in [0.05, 0.1) is 12.2 Å². The third kappa shape index (κ3) is 4.31. The Morgan fingerprint density at radius 3 is 2.37 bits per heavy atom. The van der Waals surface area contributed by atoms with Gasteiger partial charge in [0.15, 0.2) is 0 Å². The zero-order valence-electron chi connectivity index (χ0n) is 16.3. The molecule has 5 rings (SSSR count). The van der Waals surface area contributed by atoms with E-state index < -0.39 is 11.9 Å². The van der Waals surface area contributed by atoms with Gasteiger partial charge in [0.2, 0.25) is 0 Å². The molecule has 0 aromatic carbocycles. The van der Waals surface area contributed by atoms with Crippen molar-refractivity contribution in [2.24, 2.45) is 23.7 Å². The Kier molecular flexibility index (Phi) is 5.49. The molecule has 4 bridgehead atoms. The van der Waals surface area contributed by atoms with Crippen LogP contribution in [0.4, 0.5) is 8.78 Å². The second-order valence-electron chi connectivity index (χ2n) is 9.55. The normalized spacial score (nSPS) is 38.9. The van der Waals surface area contributed by atoms with Crippen molar-refractivity contribution >= 4 is 5.97 Å². The van der Waals surface area contributed by atoms with Crippen molar-refractivity contribution in [1.82, 2.24) is 0 Å². The van der Waals surface area contributed by atoms with Gasteiger partial charge >= 0.3 is 11.9 Å². The molecule has 6 heteroatoms. The van der Waals surface area contributed by atoms with Crippen LogP contribution in [-0.2, 0) is 19.0 Å². The average Bonchev–Trinajstić information content (AvgIpc) is 2.61. The Labute approximate surface area is 160 Å². The summed E-state index contributed by atoms with van der Waals surface area (Å²) < 4.78 is 43.9. The summed E-state index contributed by atoms with van der Waals surface area (Å²) in [6.45, 7) is 1.71. The predicted molar refractivity (Wildman–Crippen MR) is 95.3 cm³/mol. The molecule has 0 radical (unpaired) electrons. The van der Waals surface area contributed by atoms with Crippen LogP contribution in [0.2, 0.25) is 0 Å². The van der Waals surface area contributed by atoms with Gasteiger partial charge in [0, 0.05) is 6.92 Å². The first-order chi connectivity index (χ1) is 12.8. The number of alkyl halides is 2. The van der Waals surface area contributed by atoms with Gasteiger partial charge in [-0.3, -0.25) is 0 Å². The van der Waals surface area contributed by atoms with E-state index in [9.17, 15) is 13.6 Å². The van der Waals surface area contributed by atoms with Crippen LogP contribution >= 0.6 is 0 Å². The number of carbonyl (C=O) groups excluding carboxylic acids is 1. The molecule has 0 heterocycles. The maximum absolute atomic E-state index is 13.3. The summed E-state index contributed by atoms with van der Waals surface area (Å²) in [6, 6.07) is 0. The van der Waals surface area contributed by atoms with E-state index in [1.165, 1.54) is 32.1 Å². The zero-order chi connectivity index (χ0) is 19.1. The number of carbonyl (C=O) groups is 1. The fourth-order valence-corrected chi connectivity index (χ4v) is 6.23. The van der Waals surface area contributed by atoms with Gasteiger partial charge in [-0.15, -0.1) is 0 Å². The van der Waals surface area contributed by atoms with E-state index >= 15 is 0 Å². The summed E-state index contributed by atoms with van der Waals surface area (Å²) in [5.74, 6) is -3.31. The topological polar surface area (TPSA) is 44.8 Å². The predicted octanol–water partition coefficient (Wildman–Crippen LogP) is 4.70. The first-order valence-electron chi connectivity index (χ1n) is 10.7. The van der Waals surface area contributed by atoms with Gasteiger partial charge in [0.25, 0.3) is 0 Å². The highest BCUT2D eigenvalue weighted by Gasteiger charge is 2.58. The quantitative estimate of drug-likeness (QED) is 0.361. The monoisotopic (exact) mass is 386 g/mol. The highest BCUT2D eigenvalue weighted by Crippen LogP contribution is 2.58. The van der Waals surface area contributed by atoms with Crippen LogP contribution in [0.15, 0.2) is 0 Å². The molecule has 5 fully saturated rings. The number of hydrogen-bond acceptors (Lipinski definition) is 4. The minimum Gasteiger partial charge on any atom is -0.457 e. The lowest BCUT2D eigenvalue weighted by Crippen LogP contribution is -2.59. The van der Waals surface area contributed by atoms with Crippen molar-refractivity contribution in [3.05, 3.63) is 0 Å². The smallest absolute Gasteiger partial charge is 0.376 e. The molecule has 0 aromatic rings. The molecule has 5 saturated carbocycles. The van der Waals surface area contributed by atoms with Gasteiger partial charge in [-0.1, -0.05) is 19.3 Å². The highest BCUT2D eigenvalue weighted by atomic mass is 19.3. The fraction of sp³-hybridized carbons (Fsp3) is 0.952. The van der Waals surface area contributed by atoms with E-state index in [1.54, 1.807) is 0 Å². The van der Waals surface area contributed by atoms with E-state index in [2.05, 4.69) is 0 Å². The fourth-order valence-electron chi connectivity index (χ4n) is 6.23. The molecule has 2 unspecified atom stereocenters. The van der Waals surface area contributed by atoms with E-state index in [-0.39, 0.29) is 23.5 Å². The molecule has 0 amide bonds. The molecule has 27 heavy (non-hydrogen) atoms. The van der Waals surface area contributed by atoms with Crippen LogP contribution in [0.25, 0.3) is 0 Å². The number of halogens is 2. The van der Waals surface area contributed by atoms with Gasteiger partial charge in [-0.25, -0.2) is 4.79 Å². The van der Waals surface area contributed by atoms with Gasteiger partial charge in [-0.05, 0) is 68.6 Å². The van der Waals surface area contributed by atoms with Crippen LogP contribution in [0.3, 0.4) is 0 Å². The van der Waals surface area contributed by atoms with Gasteiger partial charge in [-0.2, -0.15) is 8.78 Å². The van der Waals surface area contributed by atoms with Crippen LogP contribution in [-0.4, -0.2) is 37.0 Å². The van der Waals surface area contributed by atoms with Crippen LogP contribution in [0.1, 0.15) is 71.1 Å². The lowest BCUT2D eigenvalue weighted by molar-refractivity contribution is -0.244. The van der Waals surface area contributed by atoms with E-state index in [0.29, 0.717) is 25.6 Å². The number of esters is 1. The molecule has 0 aliphatic heterocycles. The molecular weight excluding hydrogens is 354 g/mol. The largest absolute Gasteiger partial charge is 0.457 e. The summed E-state index contributed by atoms with van der Waals surface area (Å²) in [6.07, 6.45) is 10.6. The van der Waals surface area contributed by atoms with Crippen LogP contribution < -0.4 is 0 Å². The molecule has 154 valence electrons. The van der Waals surface area contributed by atoms with Crippen molar-refractivity contribution in [2.45, 2.75) is 88.8 Å². The Morgan fingerprint density at radius 1 is 1.07 bits per heavy atom. The molecule has 0 spiro atoms. The van der Waals surface area contributed by atoms with E-state index in [4.69, 9.17) is 14.2 Å². The SMILES string of the molecule is CC(F)(F)C(=O)OC1C2CC3CC1CC(OCOCC1CCCCC1)(C3)C2. The summed E-state index contributed by atoms with van der Waals surface area (Å²) in [5.41, 5.74) is -0.208. The van der Waals surface area contributed by atoms with Crippen LogP contribution in [0.5, 0.6) is 0 Å². The third-order valence-electron chi connectivity index (χ3n) is 7.26. The second kappa shape index (κ2) is 7.58. The summed E-state index contributed by atoms with van der Waals surface area (Å²) in [4.78, 5) is 11.7. The van der Waals surface area contributed by atoms with Crippen molar-refractivity contribution < 1.29 is 27.8 Å². The number of hydrogen-bond donors (Lipinski definition) is 0. The standard InChI is InChI=1S/C21H32F2O4/c1-20(22,23)19(24)27-18-16-7-15-8-17(18)11-21(9-15,10-16)26-13-25-12-14-5-3-2-4-6-14/h14-18H,2-13H2,1H3. The molecule has 2 atom stereocenters. The van der Waals surface area contributed by atoms with E-state index in [0.717, 1.165) is 38.7 Å². The van der Waals surface area contributed by atoms with Crippen molar-refractivity contribution in [1.29, 1.82) is 0 Å². The molecule has 0 N–H and O–H groups in total. The lowest BCUT2D eigenvalue weighted by Gasteiger charge is -2.58. The molecule has 0 aromatic heterocycles. The Morgan fingerprint density at radius 2 is 1.74 bits per heavy atom. The lowest BCUT2D eigenvalue weighted by atomic mass is 9.53. The zero-order valence-corrected chi connectivity index (χ0v) is 16.3. The summed E-state index contributed by atoms with van der Waals surface area (Å²) in [7, 11) is 0. The molecular formula is C21H32F2O4. The van der Waals surface area contributed by atoms with Crippen molar-refractivity contribution in [2.75, 3.05) is 13.4 Å². The van der Waals surface area contributed by atoms with Crippen molar-refractivity contribution in [3.63, 3.8) is 0 Å². The minimum atomic E-state index is -3.42. The first-order valence-corrected chi connectivity index (χ1v) is 10.7. The Bertz CT molecular complexity index is 525. The molecule has 5 aliphatic carbocycles. The summed E-state index contributed by atoms with van der Waals surface area (Å²) in [5, 5.41) is 0. The Balaban J connectivity index is 1.29. The summed E-state index contributed by atoms with van der Waals surface area (Å²) >= 11 is 0. The maximum Gasteiger partial charge on any atom is 0.376 e. The van der Waals surface area contributed by atoms with Gasteiger partial charge in [0.1, 0.15) is 12.9 Å². The number of rotatable bonds is 7. The second-order valence-corrected chi connectivity index (χ2v) is 9.55.